The van der Waals surface area contributed by atoms with E-state index in [1.807, 2.05) is 13.8 Å². The number of sulfonamides is 1. The van der Waals surface area contributed by atoms with E-state index in [0.29, 0.717) is 41.2 Å². The van der Waals surface area contributed by atoms with E-state index in [1.165, 1.54) is 38.5 Å². The van der Waals surface area contributed by atoms with Crippen LogP contribution in [0.25, 0.3) is 0 Å². The zero-order valence-electron chi connectivity index (χ0n) is 19.3. The van der Waals surface area contributed by atoms with Crippen molar-refractivity contribution < 1.29 is 22.7 Å². The molecule has 2 aromatic carbocycles. The molecule has 0 saturated heterocycles. The molecule has 0 heterocycles. The number of fused-ring (bicyclic) bond motifs is 2. The topological polar surface area (TPSA) is 93.7 Å². The summed E-state index contributed by atoms with van der Waals surface area (Å²) in [5, 5.41) is 2.79. The van der Waals surface area contributed by atoms with Crippen LogP contribution in [0.3, 0.4) is 0 Å². The molecule has 2 bridgehead atoms. The van der Waals surface area contributed by atoms with Crippen LogP contribution >= 0.6 is 0 Å². The Labute approximate surface area is 195 Å². The summed E-state index contributed by atoms with van der Waals surface area (Å²) in [5.74, 6) is 2.55. The minimum Gasteiger partial charge on any atom is -0.493 e. The average molecular weight is 473 g/mol. The number of rotatable bonds is 9. The van der Waals surface area contributed by atoms with Gasteiger partial charge in [-0.25, -0.2) is 13.1 Å². The van der Waals surface area contributed by atoms with Gasteiger partial charge in [-0.1, -0.05) is 6.42 Å². The molecule has 0 aromatic heterocycles. The van der Waals surface area contributed by atoms with E-state index in [-0.39, 0.29) is 16.8 Å². The molecule has 0 spiro atoms. The molecular weight excluding hydrogens is 440 g/mol. The van der Waals surface area contributed by atoms with Gasteiger partial charge in [0, 0.05) is 17.3 Å². The summed E-state index contributed by atoms with van der Waals surface area (Å²) >= 11 is 0. The molecule has 0 unspecified atom stereocenters. The Bertz CT molecular complexity index is 1100. The lowest BCUT2D eigenvalue weighted by Gasteiger charge is -2.28. The number of anilines is 1. The standard InChI is InChI=1S/C25H32N2O5S/c1-4-32-23-12-7-19(15-24(23)31-3)25(28)26-20-8-10-21(11-9-20)33(29,30)27-16(2)22-14-17-5-6-18(22)13-17/h7-12,15-18,22,27H,4-6,13-14H2,1-3H3,(H,26,28)/t16-,17+,18+,22-/m1/s1. The number of amides is 1. The Morgan fingerprint density at radius 1 is 1.09 bits per heavy atom. The number of methoxy groups -OCH3 is 1. The Morgan fingerprint density at radius 3 is 2.45 bits per heavy atom. The van der Waals surface area contributed by atoms with Crippen molar-refractivity contribution in [3.05, 3.63) is 48.0 Å². The van der Waals surface area contributed by atoms with Crippen molar-refractivity contribution in [1.29, 1.82) is 0 Å². The van der Waals surface area contributed by atoms with Gasteiger partial charge in [0.25, 0.3) is 5.91 Å². The van der Waals surface area contributed by atoms with Gasteiger partial charge in [0.05, 0.1) is 18.6 Å². The van der Waals surface area contributed by atoms with Gasteiger partial charge in [-0.3, -0.25) is 4.79 Å². The van der Waals surface area contributed by atoms with E-state index in [0.717, 1.165) is 12.3 Å². The van der Waals surface area contributed by atoms with E-state index in [2.05, 4.69) is 10.0 Å². The molecule has 8 heteroatoms. The van der Waals surface area contributed by atoms with Gasteiger partial charge in [0.1, 0.15) is 0 Å². The molecule has 2 aliphatic carbocycles. The first-order chi connectivity index (χ1) is 15.8. The van der Waals surface area contributed by atoms with Crippen LogP contribution in [0.2, 0.25) is 0 Å². The molecule has 0 aliphatic heterocycles. The SMILES string of the molecule is CCOc1ccc(C(=O)Nc2ccc(S(=O)(=O)N[C@H](C)[C@H]3C[C@H]4CC[C@H]3C4)cc2)cc1OC. The highest BCUT2D eigenvalue weighted by atomic mass is 32.2. The van der Waals surface area contributed by atoms with Crippen LogP contribution < -0.4 is 19.5 Å². The summed E-state index contributed by atoms with van der Waals surface area (Å²) in [6, 6.07) is 11.1. The van der Waals surface area contributed by atoms with Gasteiger partial charge >= 0.3 is 0 Å². The monoisotopic (exact) mass is 472 g/mol. The number of hydrogen-bond acceptors (Lipinski definition) is 5. The van der Waals surface area contributed by atoms with E-state index in [1.54, 1.807) is 30.3 Å². The fourth-order valence-corrected chi connectivity index (χ4v) is 6.61. The maximum absolute atomic E-state index is 12.9. The van der Waals surface area contributed by atoms with Crippen LogP contribution in [0.5, 0.6) is 11.5 Å². The molecule has 33 heavy (non-hydrogen) atoms. The highest BCUT2D eigenvalue weighted by molar-refractivity contribution is 7.89. The Kier molecular flexibility index (Phi) is 6.95. The smallest absolute Gasteiger partial charge is 0.255 e. The second kappa shape index (κ2) is 9.73. The summed E-state index contributed by atoms with van der Waals surface area (Å²) in [7, 11) is -2.10. The molecule has 4 rings (SSSR count). The van der Waals surface area contributed by atoms with Gasteiger partial charge in [-0.2, -0.15) is 0 Å². The normalized spacial score (nSPS) is 22.7. The van der Waals surface area contributed by atoms with Crippen molar-refractivity contribution >= 4 is 21.6 Å². The predicted molar refractivity (Wildman–Crippen MR) is 127 cm³/mol. The van der Waals surface area contributed by atoms with Gasteiger partial charge in [-0.15, -0.1) is 0 Å². The van der Waals surface area contributed by atoms with Crippen molar-refractivity contribution in [2.75, 3.05) is 19.0 Å². The van der Waals surface area contributed by atoms with Crippen LogP contribution in [0.15, 0.2) is 47.4 Å². The molecule has 0 radical (unpaired) electrons. The van der Waals surface area contributed by atoms with Crippen molar-refractivity contribution in [1.82, 2.24) is 4.72 Å². The lowest BCUT2D eigenvalue weighted by Crippen LogP contribution is -2.40. The fraction of sp³-hybridized carbons (Fsp3) is 0.480. The minimum atomic E-state index is -3.62. The van der Waals surface area contributed by atoms with Gasteiger partial charge < -0.3 is 14.8 Å². The number of nitrogens with one attached hydrogen (secondary N) is 2. The van der Waals surface area contributed by atoms with E-state index in [4.69, 9.17) is 9.47 Å². The molecule has 2 N–H and O–H groups in total. The van der Waals surface area contributed by atoms with Crippen LogP contribution in [-0.4, -0.2) is 34.1 Å². The Morgan fingerprint density at radius 2 is 1.85 bits per heavy atom. The third kappa shape index (κ3) is 5.17. The summed E-state index contributed by atoms with van der Waals surface area (Å²) in [5.41, 5.74) is 0.918. The molecule has 2 aromatic rings. The van der Waals surface area contributed by atoms with Gasteiger partial charge in [0.2, 0.25) is 10.0 Å². The molecule has 2 saturated carbocycles. The zero-order valence-corrected chi connectivity index (χ0v) is 20.2. The van der Waals surface area contributed by atoms with E-state index in [9.17, 15) is 13.2 Å². The van der Waals surface area contributed by atoms with Crippen LogP contribution in [0.1, 0.15) is 49.9 Å². The van der Waals surface area contributed by atoms with Crippen molar-refractivity contribution in [3.8, 4) is 11.5 Å². The summed E-state index contributed by atoms with van der Waals surface area (Å²) < 4.78 is 39.4. The molecule has 178 valence electrons. The van der Waals surface area contributed by atoms with E-state index >= 15 is 0 Å². The lowest BCUT2D eigenvalue weighted by atomic mass is 9.84. The molecule has 1 amide bonds. The van der Waals surface area contributed by atoms with Crippen LogP contribution in [0.4, 0.5) is 5.69 Å². The molecule has 7 nitrogen and oxygen atoms in total. The highest BCUT2D eigenvalue weighted by Crippen LogP contribution is 2.49. The second-order valence-corrected chi connectivity index (χ2v) is 10.7. The molecule has 2 fully saturated rings. The number of carbonyl (C=O) groups is 1. The fourth-order valence-electron chi connectivity index (χ4n) is 5.31. The number of carbonyl (C=O) groups excluding carboxylic acids is 1. The first-order valence-electron chi connectivity index (χ1n) is 11.5. The predicted octanol–water partition coefficient (Wildman–Crippen LogP) is 4.45. The summed E-state index contributed by atoms with van der Waals surface area (Å²) in [4.78, 5) is 12.8. The summed E-state index contributed by atoms with van der Waals surface area (Å²) in [6.07, 6.45) is 4.87. The average Bonchev–Trinajstić information content (AvgIpc) is 3.43. The van der Waals surface area contributed by atoms with Crippen LogP contribution in [0, 0.1) is 17.8 Å². The zero-order chi connectivity index (χ0) is 23.6. The number of hydrogen-bond donors (Lipinski definition) is 2. The molecular formula is C25H32N2O5S. The summed E-state index contributed by atoms with van der Waals surface area (Å²) in [6.45, 7) is 4.34. The largest absolute Gasteiger partial charge is 0.493 e. The van der Waals surface area contributed by atoms with Gasteiger partial charge in [0.15, 0.2) is 11.5 Å². The third-order valence-corrected chi connectivity index (χ3v) is 8.50. The Hall–Kier alpha value is -2.58. The number of benzene rings is 2. The van der Waals surface area contributed by atoms with Crippen molar-refractivity contribution in [3.63, 3.8) is 0 Å². The number of ether oxygens (including phenoxy) is 2. The van der Waals surface area contributed by atoms with Crippen molar-refractivity contribution in [2.45, 2.75) is 50.5 Å². The lowest BCUT2D eigenvalue weighted by molar-refractivity contribution is 0.102. The maximum Gasteiger partial charge on any atom is 0.255 e. The minimum absolute atomic E-state index is 0.0840. The first-order valence-corrected chi connectivity index (χ1v) is 13.0. The van der Waals surface area contributed by atoms with Gasteiger partial charge in [-0.05, 0) is 93.3 Å². The quantitative estimate of drug-likeness (QED) is 0.562. The maximum atomic E-state index is 12.9. The third-order valence-electron chi connectivity index (χ3n) is 6.92. The molecule has 4 atom stereocenters. The second-order valence-electron chi connectivity index (χ2n) is 9.03. The highest BCUT2D eigenvalue weighted by Gasteiger charge is 2.42. The Balaban J connectivity index is 1.40. The first kappa shape index (κ1) is 23.6. The van der Waals surface area contributed by atoms with Crippen molar-refractivity contribution in [2.24, 2.45) is 17.8 Å². The van der Waals surface area contributed by atoms with E-state index < -0.39 is 10.0 Å². The van der Waals surface area contributed by atoms with Crippen LogP contribution in [-0.2, 0) is 10.0 Å². The molecule has 2 aliphatic rings.